The van der Waals surface area contributed by atoms with E-state index < -0.39 is 23.1 Å². The molecular weight excluding hydrogens is 869 g/mol. The van der Waals surface area contributed by atoms with Gasteiger partial charge in [-0.3, -0.25) is 0 Å². The van der Waals surface area contributed by atoms with Gasteiger partial charge in [0.05, 0.1) is 0 Å². The van der Waals surface area contributed by atoms with E-state index in [4.69, 9.17) is 0 Å². The van der Waals surface area contributed by atoms with E-state index >= 15 is 0 Å². The van der Waals surface area contributed by atoms with Gasteiger partial charge in [0.2, 0.25) is 0 Å². The van der Waals surface area contributed by atoms with Crippen molar-refractivity contribution in [3.63, 3.8) is 0 Å². The Kier molecular flexibility index (Phi) is 19.9. The minimum Gasteiger partial charge on any atom is -0.418 e. The third kappa shape index (κ3) is 16.2. The molecule has 0 atom stereocenters. The maximum absolute atomic E-state index is 9.75. The van der Waals surface area contributed by atoms with Crippen LogP contribution in [0, 0.1) is 0 Å². The Bertz CT molecular complexity index is 1490. The number of hydrogen-bond acceptors (Lipinski definition) is 0. The van der Waals surface area contributed by atoms with Crippen LogP contribution in [0.15, 0.2) is 206 Å². The van der Waals surface area contributed by atoms with Crippen LogP contribution in [0.2, 0.25) is 0 Å². The van der Waals surface area contributed by atoms with Crippen molar-refractivity contribution in [2.75, 3.05) is 0 Å². The predicted octanol–water partition coefficient (Wildman–Crippen LogP) is 10.9. The van der Waals surface area contributed by atoms with Crippen molar-refractivity contribution in [2.45, 2.75) is 25.7 Å². The fourth-order valence-corrected chi connectivity index (χ4v) is 9.82. The summed E-state index contributed by atoms with van der Waals surface area (Å²) in [6, 6.07) is 64.7. The first-order chi connectivity index (χ1) is 24.9. The summed E-state index contributed by atoms with van der Waals surface area (Å²) in [4.78, 5) is 0. The summed E-state index contributed by atoms with van der Waals surface area (Å²) in [5, 5.41) is 8.39. The van der Waals surface area contributed by atoms with Crippen molar-refractivity contribution < 1.29 is 37.4 Å². The van der Waals surface area contributed by atoms with Crippen molar-refractivity contribution >= 4 is 54.9 Å². The molecule has 1 aliphatic carbocycles. The van der Waals surface area contributed by atoms with Crippen molar-refractivity contribution in [1.29, 1.82) is 0 Å². The second kappa shape index (κ2) is 24.4. The van der Waals surface area contributed by atoms with E-state index in [9.17, 15) is 17.3 Å². The Morgan fingerprint density at radius 1 is 0.288 bits per heavy atom. The Morgan fingerprint density at radius 3 is 0.558 bits per heavy atom. The van der Waals surface area contributed by atoms with Gasteiger partial charge in [-0.15, -0.1) is 0 Å². The molecule has 0 aliphatic heterocycles. The molecular formula is C44H42BF4IrP2-. The Morgan fingerprint density at radius 2 is 0.423 bits per heavy atom. The predicted molar refractivity (Wildman–Crippen MR) is 217 cm³/mol. The second-order valence-electron chi connectivity index (χ2n) is 11.3. The first-order valence-electron chi connectivity index (χ1n) is 17.0. The molecule has 0 spiro atoms. The van der Waals surface area contributed by atoms with E-state index in [1.54, 1.807) is 0 Å². The fourth-order valence-electron chi connectivity index (χ4n) is 5.21. The van der Waals surface area contributed by atoms with E-state index in [-0.39, 0.29) is 20.1 Å². The Labute approximate surface area is 322 Å². The molecule has 52 heavy (non-hydrogen) atoms. The smallest absolute Gasteiger partial charge is 0.418 e. The van der Waals surface area contributed by atoms with Crippen LogP contribution >= 0.6 is 15.8 Å². The van der Waals surface area contributed by atoms with Gasteiger partial charge in [-0.2, -0.15) is 0 Å². The Balaban J connectivity index is 0.000000208. The SMILES string of the molecule is C1=CCC/C=C\CC1.F[B-](F)(F)F.[Ir].c1ccc(P(c2ccccc2)c2ccccc2)cc1.c1ccc(P(c2ccccc2)c2ccccc2)cc1. The number of rotatable bonds is 6. The molecule has 0 unspecified atom stereocenters. The summed E-state index contributed by atoms with van der Waals surface area (Å²) in [7, 11) is -6.89. The summed E-state index contributed by atoms with van der Waals surface area (Å²) >= 11 is 0. The van der Waals surface area contributed by atoms with E-state index in [0.717, 1.165) is 0 Å². The van der Waals surface area contributed by atoms with Crippen LogP contribution in [0.3, 0.4) is 0 Å². The summed E-state index contributed by atoms with van der Waals surface area (Å²) in [5.74, 6) is 0. The monoisotopic (exact) mass is 912 g/mol. The summed E-state index contributed by atoms with van der Waals surface area (Å²) in [5.41, 5.74) is 0. The normalized spacial score (nSPS) is 12.6. The molecule has 6 aromatic rings. The molecule has 0 bridgehead atoms. The zero-order chi connectivity index (χ0) is 36.0. The number of benzene rings is 6. The maximum Gasteiger partial charge on any atom is 0.673 e. The topological polar surface area (TPSA) is 0 Å². The zero-order valence-electron chi connectivity index (χ0n) is 28.8. The van der Waals surface area contributed by atoms with Crippen LogP contribution in [0.5, 0.6) is 0 Å². The van der Waals surface area contributed by atoms with Crippen molar-refractivity contribution in [3.8, 4) is 0 Å². The van der Waals surface area contributed by atoms with Gasteiger partial charge in [-0.05, 0) is 73.4 Å². The Hall–Kier alpha value is -3.91. The maximum atomic E-state index is 9.75. The minimum atomic E-state index is -6.00. The molecule has 0 saturated carbocycles. The molecule has 0 nitrogen and oxygen atoms in total. The van der Waals surface area contributed by atoms with Crippen LogP contribution in [0.1, 0.15) is 25.7 Å². The largest absolute Gasteiger partial charge is 0.673 e. The van der Waals surface area contributed by atoms with E-state index in [0.29, 0.717) is 0 Å². The summed E-state index contributed by atoms with van der Waals surface area (Å²) in [6.45, 7) is 0. The van der Waals surface area contributed by atoms with Gasteiger partial charge in [0, 0.05) is 20.1 Å². The van der Waals surface area contributed by atoms with Crippen LogP contribution in [0.4, 0.5) is 17.3 Å². The van der Waals surface area contributed by atoms with Gasteiger partial charge in [0.25, 0.3) is 0 Å². The van der Waals surface area contributed by atoms with Gasteiger partial charge in [0.15, 0.2) is 0 Å². The van der Waals surface area contributed by atoms with E-state index in [2.05, 4.69) is 206 Å². The first kappa shape index (κ1) is 42.5. The van der Waals surface area contributed by atoms with Crippen LogP contribution in [0.25, 0.3) is 0 Å². The average Bonchev–Trinajstić information content (AvgIpc) is 3.14. The van der Waals surface area contributed by atoms with Crippen molar-refractivity contribution in [2.24, 2.45) is 0 Å². The number of hydrogen-bond donors (Lipinski definition) is 0. The van der Waals surface area contributed by atoms with E-state index in [1.165, 1.54) is 57.5 Å². The molecule has 1 radical (unpaired) electrons. The van der Waals surface area contributed by atoms with E-state index in [1.807, 2.05) is 0 Å². The summed E-state index contributed by atoms with van der Waals surface area (Å²) in [6.07, 6.45) is 14.0. The third-order valence-corrected chi connectivity index (χ3v) is 12.3. The standard InChI is InChI=1S/2C18H15P.C8H12.BF4.Ir/c2*1-4-10-16(11-5-1)19(17-12-6-2-7-13-17)18-14-8-3-9-15-18;1-2-4-6-8-7-5-3-1;2-1(3,4)5;/h2*1-15H;1-2,7-8H,3-6H2;;/q;;;-1;/b;;2-1-,8-7?;;. The fraction of sp³-hybridized carbons (Fsp3) is 0.0909. The molecule has 0 saturated heterocycles. The quantitative estimate of drug-likeness (QED) is 0.0676. The van der Waals surface area contributed by atoms with Gasteiger partial charge in [0.1, 0.15) is 0 Å². The average molecular weight is 912 g/mol. The second-order valence-corrected chi connectivity index (χ2v) is 15.7. The molecule has 0 heterocycles. The molecule has 1 aliphatic rings. The van der Waals surface area contributed by atoms with Gasteiger partial charge >= 0.3 is 7.25 Å². The zero-order valence-corrected chi connectivity index (χ0v) is 33.0. The number of allylic oxidation sites excluding steroid dienone is 4. The molecule has 8 heteroatoms. The van der Waals surface area contributed by atoms with Gasteiger partial charge in [-0.25, -0.2) is 0 Å². The third-order valence-electron chi connectivity index (χ3n) is 7.42. The first-order valence-corrected chi connectivity index (χ1v) is 19.7. The molecule has 0 fully saturated rings. The van der Waals surface area contributed by atoms with Crippen molar-refractivity contribution in [1.82, 2.24) is 0 Å². The van der Waals surface area contributed by atoms with Crippen LogP contribution < -0.4 is 31.8 Å². The van der Waals surface area contributed by atoms with Crippen LogP contribution in [-0.4, -0.2) is 7.25 Å². The molecule has 0 amide bonds. The van der Waals surface area contributed by atoms with Gasteiger partial charge in [-0.1, -0.05) is 206 Å². The van der Waals surface area contributed by atoms with Crippen LogP contribution in [-0.2, 0) is 20.1 Å². The molecule has 269 valence electrons. The number of halogens is 4. The van der Waals surface area contributed by atoms with Gasteiger partial charge < -0.3 is 17.3 Å². The summed E-state index contributed by atoms with van der Waals surface area (Å²) < 4.78 is 39.0. The van der Waals surface area contributed by atoms with Crippen molar-refractivity contribution in [3.05, 3.63) is 206 Å². The molecule has 6 aromatic carbocycles. The minimum absolute atomic E-state index is 0. The molecule has 0 aromatic heterocycles. The molecule has 0 N–H and O–H groups in total. The molecule has 7 rings (SSSR count).